The first kappa shape index (κ1) is 17.4. The minimum atomic E-state index is -0.375. The van der Waals surface area contributed by atoms with Crippen molar-refractivity contribution in [3.05, 3.63) is 0 Å². The van der Waals surface area contributed by atoms with Gasteiger partial charge in [0.1, 0.15) is 0 Å². The summed E-state index contributed by atoms with van der Waals surface area (Å²) >= 11 is 0. The van der Waals surface area contributed by atoms with Crippen LogP contribution in [0.5, 0.6) is 0 Å². The number of rotatable bonds is 7. The second-order valence-corrected chi connectivity index (χ2v) is 6.20. The van der Waals surface area contributed by atoms with Crippen LogP contribution in [0.1, 0.15) is 40.0 Å². The fraction of sp³-hybridized carbons (Fsp3) is 0.933. The van der Waals surface area contributed by atoms with Crippen molar-refractivity contribution in [3.8, 4) is 0 Å². The maximum absolute atomic E-state index is 12.3. The number of methoxy groups -OCH3 is 1. The Hall–Kier alpha value is -0.650. The Bertz CT molecular complexity index is 299. The van der Waals surface area contributed by atoms with Crippen LogP contribution >= 0.6 is 0 Å². The smallest absolute Gasteiger partial charge is 0.225 e. The van der Waals surface area contributed by atoms with E-state index in [1.54, 1.807) is 7.11 Å². The van der Waals surface area contributed by atoms with Crippen LogP contribution in [0.3, 0.4) is 0 Å². The van der Waals surface area contributed by atoms with Crippen LogP contribution in [-0.4, -0.2) is 67.2 Å². The summed E-state index contributed by atoms with van der Waals surface area (Å²) in [4.78, 5) is 16.7. The fourth-order valence-corrected chi connectivity index (χ4v) is 2.72. The molecule has 1 atom stereocenters. The maximum Gasteiger partial charge on any atom is 0.225 e. The van der Waals surface area contributed by atoms with E-state index >= 15 is 0 Å². The summed E-state index contributed by atoms with van der Waals surface area (Å²) < 4.78 is 5.34. The lowest BCUT2D eigenvalue weighted by atomic mass is 10.0. The molecule has 5 heteroatoms. The van der Waals surface area contributed by atoms with Gasteiger partial charge in [-0.3, -0.25) is 9.69 Å². The summed E-state index contributed by atoms with van der Waals surface area (Å²) in [6.07, 6.45) is 2.62. The third kappa shape index (κ3) is 5.04. The Labute approximate surface area is 123 Å². The Morgan fingerprint density at radius 3 is 2.35 bits per heavy atom. The quantitative estimate of drug-likeness (QED) is 0.760. The molecule has 1 aliphatic rings. The van der Waals surface area contributed by atoms with Gasteiger partial charge in [0.05, 0.1) is 12.0 Å². The van der Waals surface area contributed by atoms with E-state index in [2.05, 4.69) is 11.8 Å². The zero-order valence-corrected chi connectivity index (χ0v) is 13.5. The van der Waals surface area contributed by atoms with Gasteiger partial charge in [-0.1, -0.05) is 6.92 Å². The van der Waals surface area contributed by atoms with E-state index in [4.69, 9.17) is 10.5 Å². The summed E-state index contributed by atoms with van der Waals surface area (Å²) in [5.74, 6) is 0.198. The lowest BCUT2D eigenvalue weighted by Gasteiger charge is -2.39. The van der Waals surface area contributed by atoms with Crippen molar-refractivity contribution < 1.29 is 9.53 Å². The van der Waals surface area contributed by atoms with Crippen LogP contribution in [0, 0.1) is 0 Å². The number of nitrogens with two attached hydrogens (primary N) is 1. The zero-order valence-electron chi connectivity index (χ0n) is 13.5. The molecule has 1 unspecified atom stereocenters. The van der Waals surface area contributed by atoms with Crippen LogP contribution in [0.15, 0.2) is 0 Å². The van der Waals surface area contributed by atoms with Gasteiger partial charge in [-0.25, -0.2) is 0 Å². The van der Waals surface area contributed by atoms with Gasteiger partial charge in [0.15, 0.2) is 0 Å². The average Bonchev–Trinajstić information content (AvgIpc) is 2.44. The van der Waals surface area contributed by atoms with E-state index in [1.165, 1.54) is 0 Å². The molecular formula is C15H31N3O2. The molecule has 118 valence electrons. The molecule has 0 bridgehead atoms. The van der Waals surface area contributed by atoms with Crippen LogP contribution in [0.4, 0.5) is 0 Å². The molecule has 1 fully saturated rings. The molecule has 0 aromatic carbocycles. The van der Waals surface area contributed by atoms with E-state index < -0.39 is 0 Å². The molecule has 0 aromatic rings. The summed E-state index contributed by atoms with van der Waals surface area (Å²) in [5.41, 5.74) is 5.29. The summed E-state index contributed by atoms with van der Waals surface area (Å²) in [6, 6.07) is 0.563. The summed E-state index contributed by atoms with van der Waals surface area (Å²) in [5, 5.41) is 0. The van der Waals surface area contributed by atoms with Crippen molar-refractivity contribution in [2.75, 3.05) is 39.8 Å². The SMILES string of the molecule is CCC(CCN)N1CCN(C(=O)CC(C)(C)OC)CC1. The van der Waals surface area contributed by atoms with Crippen molar-refractivity contribution in [1.29, 1.82) is 0 Å². The van der Waals surface area contributed by atoms with E-state index in [-0.39, 0.29) is 11.5 Å². The number of carbonyl (C=O) groups is 1. The Balaban J connectivity index is 2.43. The van der Waals surface area contributed by atoms with Crippen LogP contribution in [0.2, 0.25) is 0 Å². The van der Waals surface area contributed by atoms with Crippen molar-refractivity contribution >= 4 is 5.91 Å². The largest absolute Gasteiger partial charge is 0.378 e. The highest BCUT2D eigenvalue weighted by Crippen LogP contribution is 2.17. The monoisotopic (exact) mass is 285 g/mol. The van der Waals surface area contributed by atoms with E-state index in [9.17, 15) is 4.79 Å². The highest BCUT2D eigenvalue weighted by molar-refractivity contribution is 5.77. The first-order valence-corrected chi connectivity index (χ1v) is 7.70. The minimum Gasteiger partial charge on any atom is -0.378 e. The first-order valence-electron chi connectivity index (χ1n) is 7.70. The average molecular weight is 285 g/mol. The van der Waals surface area contributed by atoms with E-state index in [0.29, 0.717) is 12.5 Å². The Morgan fingerprint density at radius 2 is 1.90 bits per heavy atom. The highest BCUT2D eigenvalue weighted by atomic mass is 16.5. The standard InChI is InChI=1S/C15H31N3O2/c1-5-13(6-7-16)17-8-10-18(11-9-17)14(19)12-15(2,3)20-4/h13H,5-12,16H2,1-4H3. The summed E-state index contributed by atoms with van der Waals surface area (Å²) in [6.45, 7) is 10.4. The minimum absolute atomic E-state index is 0.198. The molecule has 5 nitrogen and oxygen atoms in total. The second kappa shape index (κ2) is 7.96. The number of carbonyl (C=O) groups excluding carboxylic acids is 1. The number of hydrogen-bond acceptors (Lipinski definition) is 4. The van der Waals surface area contributed by atoms with Crippen LogP contribution in [-0.2, 0) is 9.53 Å². The third-order valence-corrected chi connectivity index (χ3v) is 4.28. The third-order valence-electron chi connectivity index (χ3n) is 4.28. The van der Waals surface area contributed by atoms with Crippen molar-refractivity contribution in [2.45, 2.75) is 51.7 Å². The number of nitrogens with zero attached hydrogens (tertiary/aromatic N) is 2. The lowest BCUT2D eigenvalue weighted by molar-refractivity contribution is -0.138. The van der Waals surface area contributed by atoms with Crippen molar-refractivity contribution in [1.82, 2.24) is 9.80 Å². The van der Waals surface area contributed by atoms with Crippen LogP contribution in [0.25, 0.3) is 0 Å². The molecule has 1 heterocycles. The molecule has 0 spiro atoms. The number of amides is 1. The molecule has 0 aromatic heterocycles. The van der Waals surface area contributed by atoms with Crippen LogP contribution < -0.4 is 5.73 Å². The molecule has 0 saturated carbocycles. The van der Waals surface area contributed by atoms with Gasteiger partial charge in [-0.15, -0.1) is 0 Å². The number of ether oxygens (including phenoxy) is 1. The molecule has 1 aliphatic heterocycles. The molecule has 1 rings (SSSR count). The van der Waals surface area contributed by atoms with Gasteiger partial charge >= 0.3 is 0 Å². The first-order chi connectivity index (χ1) is 9.43. The van der Waals surface area contributed by atoms with Crippen molar-refractivity contribution in [3.63, 3.8) is 0 Å². The lowest BCUT2D eigenvalue weighted by Crippen LogP contribution is -2.53. The fourth-order valence-electron chi connectivity index (χ4n) is 2.72. The van der Waals surface area contributed by atoms with Gasteiger partial charge < -0.3 is 15.4 Å². The maximum atomic E-state index is 12.3. The molecule has 0 radical (unpaired) electrons. The van der Waals surface area contributed by atoms with E-state index in [1.807, 2.05) is 18.7 Å². The molecule has 0 aliphatic carbocycles. The number of hydrogen-bond donors (Lipinski definition) is 1. The predicted molar refractivity (Wildman–Crippen MR) is 81.6 cm³/mol. The predicted octanol–water partition coefficient (Wildman–Crippen LogP) is 1.07. The van der Waals surface area contributed by atoms with Gasteiger partial charge in [0, 0.05) is 39.3 Å². The second-order valence-electron chi connectivity index (χ2n) is 6.20. The van der Waals surface area contributed by atoms with Gasteiger partial charge in [0.2, 0.25) is 5.91 Å². The Kier molecular flexibility index (Phi) is 6.92. The van der Waals surface area contributed by atoms with Gasteiger partial charge in [-0.2, -0.15) is 0 Å². The van der Waals surface area contributed by atoms with Gasteiger partial charge in [0.25, 0.3) is 0 Å². The van der Waals surface area contributed by atoms with Crippen molar-refractivity contribution in [2.24, 2.45) is 5.73 Å². The molecule has 1 saturated heterocycles. The van der Waals surface area contributed by atoms with Gasteiger partial charge in [-0.05, 0) is 33.2 Å². The topological polar surface area (TPSA) is 58.8 Å². The molecule has 20 heavy (non-hydrogen) atoms. The Morgan fingerprint density at radius 1 is 1.30 bits per heavy atom. The normalized spacial score (nSPS) is 19.1. The zero-order chi connectivity index (χ0) is 15.2. The highest BCUT2D eigenvalue weighted by Gasteiger charge is 2.28. The molecular weight excluding hydrogens is 254 g/mol. The summed E-state index contributed by atoms with van der Waals surface area (Å²) in [7, 11) is 1.66. The molecule has 1 amide bonds. The van der Waals surface area contributed by atoms with E-state index in [0.717, 1.165) is 45.6 Å². The number of piperazine rings is 1. The molecule has 2 N–H and O–H groups in total.